The summed E-state index contributed by atoms with van der Waals surface area (Å²) < 4.78 is 0. The van der Waals surface area contributed by atoms with Gasteiger partial charge in [0, 0.05) is 67.7 Å². The summed E-state index contributed by atoms with van der Waals surface area (Å²) in [6.07, 6.45) is 1.31. The van der Waals surface area contributed by atoms with E-state index in [0.29, 0.717) is 29.9 Å². The first kappa shape index (κ1) is 23.3. The molecule has 7 nitrogen and oxygen atoms in total. The summed E-state index contributed by atoms with van der Waals surface area (Å²) in [7, 11) is 0. The SMILES string of the molecule is OC1CN(c2nccc(Nc3ccc(Cl)cc3)n2)CC1N1CCN(Cc2ccc(Cl)cc2)CC1. The number of hydrogen-bond donors (Lipinski definition) is 2. The van der Waals surface area contributed by atoms with Gasteiger partial charge in [-0.25, -0.2) is 4.98 Å². The zero-order valence-corrected chi connectivity index (χ0v) is 20.3. The van der Waals surface area contributed by atoms with Crippen molar-refractivity contribution in [3.05, 3.63) is 76.4 Å². The molecule has 0 bridgehead atoms. The van der Waals surface area contributed by atoms with Crippen molar-refractivity contribution in [3.8, 4) is 0 Å². The van der Waals surface area contributed by atoms with Gasteiger partial charge in [0.1, 0.15) is 5.82 Å². The molecule has 5 rings (SSSR count). The smallest absolute Gasteiger partial charge is 0.227 e. The van der Waals surface area contributed by atoms with Crippen molar-refractivity contribution in [2.45, 2.75) is 18.7 Å². The van der Waals surface area contributed by atoms with Crippen LogP contribution in [-0.4, -0.2) is 76.3 Å². The first-order valence-corrected chi connectivity index (χ1v) is 12.3. The lowest BCUT2D eigenvalue weighted by molar-refractivity contribution is 0.0424. The topological polar surface area (TPSA) is 67.8 Å². The minimum absolute atomic E-state index is 0.0779. The third-order valence-electron chi connectivity index (χ3n) is 6.50. The minimum atomic E-state index is -0.431. The van der Waals surface area contributed by atoms with E-state index in [9.17, 15) is 5.11 Å². The first-order valence-electron chi connectivity index (χ1n) is 11.5. The normalized spacial score (nSPS) is 21.7. The second-order valence-electron chi connectivity index (χ2n) is 8.85. The van der Waals surface area contributed by atoms with Crippen LogP contribution in [0.4, 0.5) is 17.5 Å². The Bertz CT molecular complexity index is 1090. The van der Waals surface area contributed by atoms with Crippen molar-refractivity contribution >= 4 is 40.7 Å². The zero-order chi connectivity index (χ0) is 23.5. The number of nitrogens with one attached hydrogen (secondary N) is 1. The molecule has 2 aliphatic heterocycles. The van der Waals surface area contributed by atoms with E-state index in [0.717, 1.165) is 43.4 Å². The average molecular weight is 499 g/mol. The van der Waals surface area contributed by atoms with E-state index in [-0.39, 0.29) is 6.04 Å². The maximum Gasteiger partial charge on any atom is 0.227 e. The second kappa shape index (κ2) is 10.5. The van der Waals surface area contributed by atoms with Gasteiger partial charge in [0.2, 0.25) is 5.95 Å². The molecule has 0 amide bonds. The number of rotatable bonds is 6. The Hall–Kier alpha value is -2.42. The van der Waals surface area contributed by atoms with Crippen LogP contribution in [0.5, 0.6) is 0 Å². The van der Waals surface area contributed by atoms with Gasteiger partial charge in [-0.3, -0.25) is 9.80 Å². The molecular weight excluding hydrogens is 471 g/mol. The molecule has 2 saturated heterocycles. The summed E-state index contributed by atoms with van der Waals surface area (Å²) in [5.41, 5.74) is 2.18. The number of halogens is 2. The van der Waals surface area contributed by atoms with Gasteiger partial charge in [-0.1, -0.05) is 35.3 Å². The van der Waals surface area contributed by atoms with Crippen molar-refractivity contribution in [3.63, 3.8) is 0 Å². The Balaban J connectivity index is 1.17. The van der Waals surface area contributed by atoms with Crippen LogP contribution < -0.4 is 10.2 Å². The predicted molar refractivity (Wildman–Crippen MR) is 137 cm³/mol. The van der Waals surface area contributed by atoms with E-state index in [4.69, 9.17) is 23.2 Å². The van der Waals surface area contributed by atoms with Crippen molar-refractivity contribution in [1.82, 2.24) is 19.8 Å². The standard InChI is InChI=1S/C25H28Cl2N6O/c26-19-3-1-18(2-4-19)15-31-11-13-32(14-12-31)22-16-33(17-23(22)34)25-28-10-9-24(30-25)29-21-7-5-20(27)6-8-21/h1-10,22-23,34H,11-17H2,(H,28,29,30). The first-order chi connectivity index (χ1) is 16.5. The fourth-order valence-corrected chi connectivity index (χ4v) is 4.90. The van der Waals surface area contributed by atoms with Crippen LogP contribution in [0.15, 0.2) is 60.8 Å². The fourth-order valence-electron chi connectivity index (χ4n) is 4.64. The molecule has 2 N–H and O–H groups in total. The lowest BCUT2D eigenvalue weighted by Crippen LogP contribution is -2.53. The number of benzene rings is 2. The number of hydrogen-bond acceptors (Lipinski definition) is 7. The molecule has 3 aromatic rings. The maximum atomic E-state index is 10.8. The van der Waals surface area contributed by atoms with Crippen LogP contribution in [0, 0.1) is 0 Å². The van der Waals surface area contributed by atoms with Crippen LogP contribution in [-0.2, 0) is 6.54 Å². The molecule has 3 heterocycles. The van der Waals surface area contributed by atoms with E-state index in [1.165, 1.54) is 5.56 Å². The number of aliphatic hydroxyl groups excluding tert-OH is 1. The Morgan fingerprint density at radius 2 is 1.56 bits per heavy atom. The quantitative estimate of drug-likeness (QED) is 0.534. The van der Waals surface area contributed by atoms with Crippen LogP contribution >= 0.6 is 23.2 Å². The molecule has 2 fully saturated rings. The molecule has 2 atom stereocenters. The average Bonchev–Trinajstić information content (AvgIpc) is 3.24. The number of β-amino-alcohol motifs (C(OH)–C–C–N with tert-alkyl or cyclic N) is 1. The van der Waals surface area contributed by atoms with Gasteiger partial charge in [-0.05, 0) is 48.0 Å². The monoisotopic (exact) mass is 498 g/mol. The highest BCUT2D eigenvalue weighted by Gasteiger charge is 2.37. The largest absolute Gasteiger partial charge is 0.390 e. The van der Waals surface area contributed by atoms with E-state index < -0.39 is 6.10 Å². The number of piperazine rings is 1. The van der Waals surface area contributed by atoms with Crippen LogP contribution in [0.1, 0.15) is 5.56 Å². The molecule has 0 aliphatic carbocycles. The van der Waals surface area contributed by atoms with Gasteiger partial charge < -0.3 is 15.3 Å². The summed E-state index contributed by atoms with van der Waals surface area (Å²) in [6, 6.07) is 17.5. The minimum Gasteiger partial charge on any atom is -0.390 e. The zero-order valence-electron chi connectivity index (χ0n) is 18.8. The third-order valence-corrected chi connectivity index (χ3v) is 7.00. The maximum absolute atomic E-state index is 10.8. The Kier molecular flexibility index (Phi) is 7.18. The molecule has 178 valence electrons. The van der Waals surface area contributed by atoms with Crippen LogP contribution in [0.25, 0.3) is 0 Å². The van der Waals surface area contributed by atoms with Gasteiger partial charge in [0.15, 0.2) is 0 Å². The molecule has 0 spiro atoms. The van der Waals surface area contributed by atoms with Crippen molar-refractivity contribution in [2.75, 3.05) is 49.5 Å². The number of aliphatic hydroxyl groups is 1. The molecule has 9 heteroatoms. The molecule has 1 aromatic heterocycles. The predicted octanol–water partition coefficient (Wildman–Crippen LogP) is 3.89. The molecule has 34 heavy (non-hydrogen) atoms. The van der Waals surface area contributed by atoms with Crippen LogP contribution in [0.3, 0.4) is 0 Å². The van der Waals surface area contributed by atoms with Crippen molar-refractivity contribution < 1.29 is 5.11 Å². The molecule has 0 radical (unpaired) electrons. The van der Waals surface area contributed by atoms with E-state index in [2.05, 4.69) is 42.1 Å². The summed E-state index contributed by atoms with van der Waals surface area (Å²) in [6.45, 7) is 5.98. The fraction of sp³-hybridized carbons (Fsp3) is 0.360. The molecule has 0 saturated carbocycles. The van der Waals surface area contributed by atoms with Crippen molar-refractivity contribution in [2.24, 2.45) is 0 Å². The molecule has 2 aromatic carbocycles. The summed E-state index contributed by atoms with van der Waals surface area (Å²) >= 11 is 12.0. The lowest BCUT2D eigenvalue weighted by atomic mass is 10.1. The van der Waals surface area contributed by atoms with Gasteiger partial charge in [0.05, 0.1) is 12.1 Å². The highest BCUT2D eigenvalue weighted by molar-refractivity contribution is 6.30. The summed E-state index contributed by atoms with van der Waals surface area (Å²) in [5.74, 6) is 1.34. The summed E-state index contributed by atoms with van der Waals surface area (Å²) in [5, 5.41) is 15.6. The van der Waals surface area contributed by atoms with Gasteiger partial charge in [-0.15, -0.1) is 0 Å². The van der Waals surface area contributed by atoms with E-state index in [1.54, 1.807) is 6.20 Å². The number of anilines is 3. The Morgan fingerprint density at radius 3 is 2.26 bits per heavy atom. The molecule has 2 aliphatic rings. The third kappa shape index (κ3) is 5.62. The molecular formula is C25H28Cl2N6O. The highest BCUT2D eigenvalue weighted by Crippen LogP contribution is 2.24. The van der Waals surface area contributed by atoms with Crippen LogP contribution in [0.2, 0.25) is 10.0 Å². The Labute approximate surface area is 209 Å². The van der Waals surface area contributed by atoms with E-state index >= 15 is 0 Å². The van der Waals surface area contributed by atoms with Gasteiger partial charge >= 0.3 is 0 Å². The van der Waals surface area contributed by atoms with Gasteiger partial charge in [0.25, 0.3) is 0 Å². The number of nitrogens with zero attached hydrogens (tertiary/aromatic N) is 5. The molecule has 2 unspecified atom stereocenters. The summed E-state index contributed by atoms with van der Waals surface area (Å²) in [4.78, 5) is 16.1. The lowest BCUT2D eigenvalue weighted by Gasteiger charge is -2.38. The van der Waals surface area contributed by atoms with Crippen molar-refractivity contribution in [1.29, 1.82) is 0 Å². The number of aromatic nitrogens is 2. The Morgan fingerprint density at radius 1 is 0.882 bits per heavy atom. The van der Waals surface area contributed by atoms with Gasteiger partial charge in [-0.2, -0.15) is 4.98 Å². The van der Waals surface area contributed by atoms with E-state index in [1.807, 2.05) is 42.5 Å². The highest BCUT2D eigenvalue weighted by atomic mass is 35.5. The second-order valence-corrected chi connectivity index (χ2v) is 9.72.